The second-order valence-electron chi connectivity index (χ2n) is 6.29. The first-order chi connectivity index (χ1) is 10.9. The normalized spacial score (nSPS) is 12.2. The van der Waals surface area contributed by atoms with E-state index in [0.717, 1.165) is 17.1 Å². The van der Waals surface area contributed by atoms with Crippen molar-refractivity contribution >= 4 is 5.91 Å². The van der Waals surface area contributed by atoms with E-state index in [1.54, 1.807) is 0 Å². The van der Waals surface area contributed by atoms with E-state index in [1.165, 1.54) is 5.56 Å². The summed E-state index contributed by atoms with van der Waals surface area (Å²) in [7, 11) is 0. The van der Waals surface area contributed by atoms with Crippen LogP contribution >= 0.6 is 0 Å². The zero-order valence-electron chi connectivity index (χ0n) is 14.4. The molecule has 0 saturated carbocycles. The Bertz CT molecular complexity index is 689. The molecule has 0 aliphatic heterocycles. The fourth-order valence-electron chi connectivity index (χ4n) is 2.84. The predicted octanol–water partition coefficient (Wildman–Crippen LogP) is 3.15. The Hall–Kier alpha value is -2.07. The number of aryl methyl sites for hydroxylation is 2. The van der Waals surface area contributed by atoms with Crippen molar-refractivity contribution in [2.24, 2.45) is 5.92 Å². The number of amides is 1. The molecule has 2 aromatic rings. The molecule has 0 aliphatic rings. The lowest BCUT2D eigenvalue weighted by atomic mass is 10.1. The van der Waals surface area contributed by atoms with Gasteiger partial charge in [-0.2, -0.15) is 0 Å². The largest absolute Gasteiger partial charge is 0.396 e. The Morgan fingerprint density at radius 2 is 2.00 bits per heavy atom. The van der Waals surface area contributed by atoms with Crippen LogP contribution in [0.1, 0.15) is 40.7 Å². The smallest absolute Gasteiger partial charge is 0.253 e. The molecule has 0 aliphatic carbocycles. The molecule has 0 radical (unpaired) electrons. The van der Waals surface area contributed by atoms with Crippen molar-refractivity contribution < 1.29 is 9.90 Å². The zero-order valence-corrected chi connectivity index (χ0v) is 14.4. The molecule has 0 bridgehead atoms. The lowest BCUT2D eigenvalue weighted by Crippen LogP contribution is -2.29. The van der Waals surface area contributed by atoms with E-state index >= 15 is 0 Å². The van der Waals surface area contributed by atoms with Crippen molar-refractivity contribution in [1.29, 1.82) is 0 Å². The Morgan fingerprint density at radius 3 is 2.65 bits per heavy atom. The quantitative estimate of drug-likeness (QED) is 0.860. The molecule has 0 fully saturated rings. The molecular weight excluding hydrogens is 288 g/mol. The number of rotatable bonds is 6. The third-order valence-electron chi connectivity index (χ3n) is 4.17. The first kappa shape index (κ1) is 17.3. The molecule has 1 aromatic carbocycles. The molecule has 4 heteroatoms. The van der Waals surface area contributed by atoms with Crippen molar-refractivity contribution in [3.05, 3.63) is 52.8 Å². The molecular formula is C19H26N2O2. The van der Waals surface area contributed by atoms with E-state index in [2.05, 4.69) is 35.0 Å². The fraction of sp³-hybridized carbons (Fsp3) is 0.421. The summed E-state index contributed by atoms with van der Waals surface area (Å²) < 4.78 is 2.11. The van der Waals surface area contributed by atoms with Gasteiger partial charge >= 0.3 is 0 Å². The van der Waals surface area contributed by atoms with Gasteiger partial charge in [-0.15, -0.1) is 0 Å². The van der Waals surface area contributed by atoms with Gasteiger partial charge in [0.1, 0.15) is 0 Å². The highest BCUT2D eigenvalue weighted by Gasteiger charge is 2.17. The highest BCUT2D eigenvalue weighted by atomic mass is 16.3. The maximum atomic E-state index is 12.5. The molecule has 1 heterocycles. The molecule has 2 N–H and O–H groups in total. The van der Waals surface area contributed by atoms with Crippen LogP contribution in [0.4, 0.5) is 0 Å². The molecule has 0 spiro atoms. The maximum Gasteiger partial charge on any atom is 0.253 e. The van der Waals surface area contributed by atoms with Crippen LogP contribution in [0.2, 0.25) is 0 Å². The number of nitrogens with zero attached hydrogens (tertiary/aromatic N) is 1. The highest BCUT2D eigenvalue weighted by Crippen LogP contribution is 2.21. The van der Waals surface area contributed by atoms with Crippen LogP contribution in [-0.4, -0.2) is 28.7 Å². The van der Waals surface area contributed by atoms with Gasteiger partial charge in [0.25, 0.3) is 5.91 Å². The summed E-state index contributed by atoms with van der Waals surface area (Å²) in [5.41, 5.74) is 4.97. The van der Waals surface area contributed by atoms with Gasteiger partial charge in [0.15, 0.2) is 0 Å². The number of aromatic nitrogens is 1. The van der Waals surface area contributed by atoms with Crippen LogP contribution in [0.5, 0.6) is 0 Å². The highest BCUT2D eigenvalue weighted by molar-refractivity contribution is 5.95. The first-order valence-corrected chi connectivity index (χ1v) is 8.09. The molecule has 1 unspecified atom stereocenters. The van der Waals surface area contributed by atoms with Crippen molar-refractivity contribution in [2.75, 3.05) is 13.2 Å². The van der Waals surface area contributed by atoms with E-state index < -0.39 is 0 Å². The Labute approximate surface area is 138 Å². The van der Waals surface area contributed by atoms with Crippen LogP contribution < -0.4 is 5.32 Å². The number of benzene rings is 1. The number of carbonyl (C=O) groups excluding carboxylic acids is 1. The van der Waals surface area contributed by atoms with Gasteiger partial charge in [0, 0.05) is 30.2 Å². The minimum Gasteiger partial charge on any atom is -0.396 e. The van der Waals surface area contributed by atoms with Crippen molar-refractivity contribution in [3.63, 3.8) is 0 Å². The Morgan fingerprint density at radius 1 is 1.26 bits per heavy atom. The number of carbonyl (C=O) groups is 1. The van der Waals surface area contributed by atoms with E-state index in [9.17, 15) is 4.79 Å². The number of nitrogens with one attached hydrogen (secondary N) is 1. The van der Waals surface area contributed by atoms with Crippen molar-refractivity contribution in [3.8, 4) is 5.69 Å². The number of aliphatic hydroxyl groups is 1. The summed E-state index contributed by atoms with van der Waals surface area (Å²) in [6.45, 7) is 8.80. The van der Waals surface area contributed by atoms with Crippen LogP contribution in [0.3, 0.4) is 0 Å². The fourth-order valence-corrected chi connectivity index (χ4v) is 2.84. The summed E-state index contributed by atoms with van der Waals surface area (Å²) in [5.74, 6) is 0.214. The first-order valence-electron chi connectivity index (χ1n) is 8.09. The molecule has 23 heavy (non-hydrogen) atoms. The zero-order chi connectivity index (χ0) is 17.0. The van der Waals surface area contributed by atoms with Crippen LogP contribution in [0.15, 0.2) is 30.3 Å². The number of hydrogen-bond donors (Lipinski definition) is 2. The minimum atomic E-state index is -0.0539. The molecule has 1 amide bonds. The predicted molar refractivity (Wildman–Crippen MR) is 93.2 cm³/mol. The molecule has 0 saturated heterocycles. The summed E-state index contributed by atoms with van der Waals surface area (Å²) in [5, 5.41) is 11.9. The number of hydrogen-bond acceptors (Lipinski definition) is 2. The minimum absolute atomic E-state index is 0.0539. The van der Waals surface area contributed by atoms with Gasteiger partial charge in [-0.3, -0.25) is 4.79 Å². The molecule has 124 valence electrons. The third kappa shape index (κ3) is 4.02. The number of aliphatic hydroxyl groups excluding tert-OH is 1. The van der Waals surface area contributed by atoms with Crippen molar-refractivity contribution in [2.45, 2.75) is 34.1 Å². The third-order valence-corrected chi connectivity index (χ3v) is 4.17. The van der Waals surface area contributed by atoms with Gasteiger partial charge in [-0.25, -0.2) is 0 Å². The van der Waals surface area contributed by atoms with Gasteiger partial charge < -0.3 is 15.0 Å². The molecule has 1 atom stereocenters. The summed E-state index contributed by atoms with van der Waals surface area (Å²) in [6.07, 6.45) is 0.697. The SMILES string of the molecule is Cc1cccc(-n2c(C)cc(C(=O)NCC(C)CCO)c2C)c1. The van der Waals surface area contributed by atoms with E-state index in [4.69, 9.17) is 5.11 Å². The van der Waals surface area contributed by atoms with Crippen LogP contribution in [-0.2, 0) is 0 Å². The monoisotopic (exact) mass is 314 g/mol. The second kappa shape index (κ2) is 7.47. The van der Waals surface area contributed by atoms with Gasteiger partial charge in [-0.05, 0) is 56.9 Å². The van der Waals surface area contributed by atoms with Gasteiger partial charge in [-0.1, -0.05) is 19.1 Å². The van der Waals surface area contributed by atoms with E-state index in [0.29, 0.717) is 18.5 Å². The standard InChI is InChI=1S/C19H26N2O2/c1-13-6-5-7-17(10-13)21-15(3)11-18(16(21)4)19(23)20-12-14(2)8-9-22/h5-7,10-11,14,22H,8-9,12H2,1-4H3,(H,20,23). The average molecular weight is 314 g/mol. The summed E-state index contributed by atoms with van der Waals surface area (Å²) in [6, 6.07) is 10.2. The van der Waals surface area contributed by atoms with Crippen molar-refractivity contribution in [1.82, 2.24) is 9.88 Å². The topological polar surface area (TPSA) is 54.3 Å². The Balaban J connectivity index is 2.22. The lowest BCUT2D eigenvalue weighted by Gasteiger charge is -2.12. The summed E-state index contributed by atoms with van der Waals surface area (Å²) >= 11 is 0. The van der Waals surface area contributed by atoms with Crippen LogP contribution in [0.25, 0.3) is 5.69 Å². The second-order valence-corrected chi connectivity index (χ2v) is 6.29. The van der Waals surface area contributed by atoms with Crippen LogP contribution in [0, 0.1) is 26.7 Å². The average Bonchev–Trinajstić information content (AvgIpc) is 2.80. The Kier molecular flexibility index (Phi) is 5.61. The molecule has 4 nitrogen and oxygen atoms in total. The lowest BCUT2D eigenvalue weighted by molar-refractivity contribution is 0.0945. The van der Waals surface area contributed by atoms with Gasteiger partial charge in [0.05, 0.1) is 5.56 Å². The van der Waals surface area contributed by atoms with E-state index in [-0.39, 0.29) is 18.4 Å². The molecule has 1 aromatic heterocycles. The van der Waals surface area contributed by atoms with Gasteiger partial charge in [0.2, 0.25) is 0 Å². The molecule has 2 rings (SSSR count). The maximum absolute atomic E-state index is 12.5. The van der Waals surface area contributed by atoms with E-state index in [1.807, 2.05) is 32.9 Å². The summed E-state index contributed by atoms with van der Waals surface area (Å²) in [4.78, 5) is 12.5.